The van der Waals surface area contributed by atoms with Crippen molar-refractivity contribution in [2.24, 2.45) is 0 Å². The molecule has 16 heavy (non-hydrogen) atoms. The summed E-state index contributed by atoms with van der Waals surface area (Å²) in [6.07, 6.45) is 3.03. The number of amides is 1. The first-order chi connectivity index (χ1) is 7.63. The van der Waals surface area contributed by atoms with Crippen LogP contribution in [0.4, 0.5) is 5.69 Å². The lowest BCUT2D eigenvalue weighted by atomic mass is 10.2. The minimum Gasteiger partial charge on any atom is -0.399 e. The Labute approximate surface area is 108 Å². The van der Waals surface area contributed by atoms with Gasteiger partial charge in [-0.3, -0.25) is 4.79 Å². The van der Waals surface area contributed by atoms with Crippen LogP contribution >= 0.6 is 27.7 Å². The van der Waals surface area contributed by atoms with E-state index in [9.17, 15) is 4.79 Å². The molecule has 0 bridgehead atoms. The SMILES string of the molecule is CSCCCNC(=O)c1cc(N)cc(Br)c1. The molecule has 0 atom stereocenters. The minimum atomic E-state index is -0.0749. The lowest BCUT2D eigenvalue weighted by Gasteiger charge is -2.06. The van der Waals surface area contributed by atoms with Gasteiger partial charge in [0.1, 0.15) is 0 Å². The fraction of sp³-hybridized carbons (Fsp3) is 0.364. The van der Waals surface area contributed by atoms with Gasteiger partial charge >= 0.3 is 0 Å². The van der Waals surface area contributed by atoms with Crippen LogP contribution in [0, 0.1) is 0 Å². The van der Waals surface area contributed by atoms with E-state index in [4.69, 9.17) is 5.73 Å². The highest BCUT2D eigenvalue weighted by Crippen LogP contribution is 2.17. The number of nitrogens with one attached hydrogen (secondary N) is 1. The summed E-state index contributed by atoms with van der Waals surface area (Å²) in [4.78, 5) is 11.7. The molecule has 0 saturated heterocycles. The minimum absolute atomic E-state index is 0.0749. The summed E-state index contributed by atoms with van der Waals surface area (Å²) >= 11 is 5.09. The number of anilines is 1. The first-order valence-electron chi connectivity index (χ1n) is 4.96. The van der Waals surface area contributed by atoms with E-state index >= 15 is 0 Å². The Morgan fingerprint density at radius 2 is 2.25 bits per heavy atom. The molecule has 0 aromatic heterocycles. The predicted octanol–water partition coefficient (Wildman–Crippen LogP) is 2.51. The Morgan fingerprint density at radius 3 is 2.88 bits per heavy atom. The maximum absolute atomic E-state index is 11.7. The summed E-state index contributed by atoms with van der Waals surface area (Å²) < 4.78 is 0.821. The number of carbonyl (C=O) groups excluding carboxylic acids is 1. The average Bonchev–Trinajstić information content (AvgIpc) is 2.22. The molecule has 0 aliphatic rings. The largest absolute Gasteiger partial charge is 0.399 e. The molecule has 0 aliphatic carbocycles. The molecule has 0 unspecified atom stereocenters. The third kappa shape index (κ3) is 4.45. The zero-order chi connectivity index (χ0) is 12.0. The van der Waals surface area contributed by atoms with Gasteiger partial charge in [0.2, 0.25) is 0 Å². The van der Waals surface area contributed by atoms with Crippen molar-refractivity contribution in [2.45, 2.75) is 6.42 Å². The number of hydrogen-bond donors (Lipinski definition) is 2. The lowest BCUT2D eigenvalue weighted by molar-refractivity contribution is 0.0954. The Kier molecular flexibility index (Phi) is 5.69. The van der Waals surface area contributed by atoms with Crippen LogP contribution < -0.4 is 11.1 Å². The van der Waals surface area contributed by atoms with E-state index in [1.807, 2.05) is 0 Å². The van der Waals surface area contributed by atoms with E-state index in [1.54, 1.807) is 30.0 Å². The molecule has 0 fully saturated rings. The van der Waals surface area contributed by atoms with Gasteiger partial charge in [0.15, 0.2) is 0 Å². The van der Waals surface area contributed by atoms with Crippen molar-refractivity contribution in [1.82, 2.24) is 5.32 Å². The number of nitrogens with two attached hydrogens (primary N) is 1. The molecule has 0 saturated carbocycles. The van der Waals surface area contributed by atoms with Crippen LogP contribution in [0.3, 0.4) is 0 Å². The number of nitrogen functional groups attached to an aromatic ring is 1. The monoisotopic (exact) mass is 302 g/mol. The van der Waals surface area contributed by atoms with Gasteiger partial charge in [0.25, 0.3) is 5.91 Å². The summed E-state index contributed by atoms with van der Waals surface area (Å²) in [6, 6.07) is 5.21. The zero-order valence-corrected chi connectivity index (χ0v) is 11.5. The van der Waals surface area contributed by atoms with Crippen molar-refractivity contribution < 1.29 is 4.79 Å². The van der Waals surface area contributed by atoms with Gasteiger partial charge in [-0.2, -0.15) is 11.8 Å². The highest BCUT2D eigenvalue weighted by atomic mass is 79.9. The van der Waals surface area contributed by atoms with E-state index in [0.29, 0.717) is 17.8 Å². The van der Waals surface area contributed by atoms with Gasteiger partial charge in [-0.05, 0) is 36.6 Å². The van der Waals surface area contributed by atoms with Gasteiger partial charge in [-0.25, -0.2) is 0 Å². The van der Waals surface area contributed by atoms with Crippen LogP contribution in [0.15, 0.2) is 22.7 Å². The maximum atomic E-state index is 11.7. The van der Waals surface area contributed by atoms with E-state index in [0.717, 1.165) is 16.6 Å². The molecule has 1 rings (SSSR count). The molecule has 3 nitrogen and oxygen atoms in total. The quantitative estimate of drug-likeness (QED) is 0.649. The lowest BCUT2D eigenvalue weighted by Crippen LogP contribution is -2.24. The molecule has 0 spiro atoms. The van der Waals surface area contributed by atoms with Crippen molar-refractivity contribution in [1.29, 1.82) is 0 Å². The van der Waals surface area contributed by atoms with Gasteiger partial charge in [0, 0.05) is 22.3 Å². The normalized spacial score (nSPS) is 10.1. The summed E-state index contributed by atoms with van der Waals surface area (Å²) in [5.74, 6) is 0.982. The number of carbonyl (C=O) groups is 1. The van der Waals surface area contributed by atoms with Crippen LogP contribution in [0.25, 0.3) is 0 Å². The molecule has 1 aromatic carbocycles. The highest BCUT2D eigenvalue weighted by molar-refractivity contribution is 9.10. The standard InChI is InChI=1S/C11H15BrN2OS/c1-16-4-2-3-14-11(15)8-5-9(12)7-10(13)6-8/h5-7H,2-4,13H2,1H3,(H,14,15). The summed E-state index contributed by atoms with van der Waals surface area (Å²) in [6.45, 7) is 0.700. The number of hydrogen-bond acceptors (Lipinski definition) is 3. The summed E-state index contributed by atoms with van der Waals surface area (Å²) in [5, 5.41) is 2.86. The molecule has 1 aromatic rings. The first-order valence-corrected chi connectivity index (χ1v) is 7.15. The fourth-order valence-electron chi connectivity index (χ4n) is 1.26. The second-order valence-corrected chi connectivity index (χ2v) is 5.28. The van der Waals surface area contributed by atoms with Crippen LogP contribution in [-0.2, 0) is 0 Å². The Morgan fingerprint density at radius 1 is 1.50 bits per heavy atom. The Balaban J connectivity index is 2.52. The van der Waals surface area contributed by atoms with Crippen molar-refractivity contribution in [3.05, 3.63) is 28.2 Å². The molecule has 0 heterocycles. The zero-order valence-electron chi connectivity index (χ0n) is 9.13. The Hall–Kier alpha value is -0.680. The van der Waals surface area contributed by atoms with Crippen LogP contribution in [0.1, 0.15) is 16.8 Å². The fourth-order valence-corrected chi connectivity index (χ4v) is 2.21. The second-order valence-electron chi connectivity index (χ2n) is 3.38. The first kappa shape index (κ1) is 13.4. The predicted molar refractivity (Wildman–Crippen MR) is 73.9 cm³/mol. The summed E-state index contributed by atoms with van der Waals surface area (Å²) in [7, 11) is 0. The molecular weight excluding hydrogens is 288 g/mol. The van der Waals surface area contributed by atoms with Crippen molar-refractivity contribution >= 4 is 39.3 Å². The number of thioether (sulfide) groups is 1. The third-order valence-corrected chi connectivity index (χ3v) is 3.15. The van der Waals surface area contributed by atoms with Crippen LogP contribution in [0.5, 0.6) is 0 Å². The molecule has 5 heteroatoms. The number of halogens is 1. The maximum Gasteiger partial charge on any atom is 0.251 e. The molecule has 1 amide bonds. The van der Waals surface area contributed by atoms with E-state index in [-0.39, 0.29) is 5.91 Å². The van der Waals surface area contributed by atoms with Crippen molar-refractivity contribution in [2.75, 3.05) is 24.3 Å². The summed E-state index contributed by atoms with van der Waals surface area (Å²) in [5.41, 5.74) is 6.84. The topological polar surface area (TPSA) is 55.1 Å². The highest BCUT2D eigenvalue weighted by Gasteiger charge is 2.06. The van der Waals surface area contributed by atoms with Gasteiger partial charge < -0.3 is 11.1 Å². The number of benzene rings is 1. The molecule has 3 N–H and O–H groups in total. The van der Waals surface area contributed by atoms with Crippen LogP contribution in [-0.4, -0.2) is 24.5 Å². The molecule has 0 radical (unpaired) electrons. The van der Waals surface area contributed by atoms with E-state index in [2.05, 4.69) is 27.5 Å². The average molecular weight is 303 g/mol. The van der Waals surface area contributed by atoms with Crippen molar-refractivity contribution in [3.8, 4) is 0 Å². The van der Waals surface area contributed by atoms with E-state index < -0.39 is 0 Å². The van der Waals surface area contributed by atoms with Crippen molar-refractivity contribution in [3.63, 3.8) is 0 Å². The Bertz CT molecular complexity index is 351. The molecule has 88 valence electrons. The smallest absolute Gasteiger partial charge is 0.251 e. The van der Waals surface area contributed by atoms with Gasteiger partial charge in [-0.1, -0.05) is 15.9 Å². The van der Waals surface area contributed by atoms with Gasteiger partial charge in [0.05, 0.1) is 0 Å². The molecular formula is C11H15BrN2OS. The second kappa shape index (κ2) is 6.81. The van der Waals surface area contributed by atoms with E-state index in [1.165, 1.54) is 0 Å². The molecule has 0 aliphatic heterocycles. The van der Waals surface area contributed by atoms with Crippen LogP contribution in [0.2, 0.25) is 0 Å². The van der Waals surface area contributed by atoms with Gasteiger partial charge in [-0.15, -0.1) is 0 Å². The number of rotatable bonds is 5. The third-order valence-electron chi connectivity index (χ3n) is 1.99.